The molecule has 0 unspecified atom stereocenters. The molecule has 0 aliphatic carbocycles. The Morgan fingerprint density at radius 1 is 1.04 bits per heavy atom. The Labute approximate surface area is 133 Å². The van der Waals surface area contributed by atoms with Crippen LogP contribution in [0.5, 0.6) is 5.75 Å². The van der Waals surface area contributed by atoms with Gasteiger partial charge in [0.15, 0.2) is 0 Å². The minimum atomic E-state index is -1.17. The summed E-state index contributed by atoms with van der Waals surface area (Å²) < 4.78 is 5.13. The smallest absolute Gasteiger partial charge is 0.325 e. The third-order valence-corrected chi connectivity index (χ3v) is 3.07. The van der Waals surface area contributed by atoms with E-state index in [-0.39, 0.29) is 12.2 Å². The zero-order chi connectivity index (χ0) is 16.7. The second-order valence-electron chi connectivity index (χ2n) is 4.69. The van der Waals surface area contributed by atoms with Gasteiger partial charge in [-0.15, -0.1) is 0 Å². The van der Waals surface area contributed by atoms with Crippen molar-refractivity contribution in [1.29, 1.82) is 0 Å². The number of carbonyl (C=O) groups is 2. The summed E-state index contributed by atoms with van der Waals surface area (Å²) in [5.41, 5.74) is 1.07. The van der Waals surface area contributed by atoms with Gasteiger partial charge < -0.3 is 9.84 Å². The van der Waals surface area contributed by atoms with E-state index in [1.165, 1.54) is 7.11 Å². The lowest BCUT2D eigenvalue weighted by Gasteiger charge is -2.21. The highest BCUT2D eigenvalue weighted by atomic mass is 16.7. The van der Waals surface area contributed by atoms with E-state index in [0.717, 1.165) is 10.6 Å². The van der Waals surface area contributed by atoms with Crippen molar-refractivity contribution >= 4 is 11.9 Å². The third-order valence-electron chi connectivity index (χ3n) is 3.07. The molecule has 0 aliphatic heterocycles. The summed E-state index contributed by atoms with van der Waals surface area (Å²) in [6.07, 6.45) is 0. The van der Waals surface area contributed by atoms with Gasteiger partial charge in [0.25, 0.3) is 5.91 Å². The topological polar surface area (TPSA) is 76.1 Å². The number of benzene rings is 2. The van der Waals surface area contributed by atoms with Gasteiger partial charge in [0.05, 0.1) is 12.7 Å². The van der Waals surface area contributed by atoms with Crippen LogP contribution in [-0.2, 0) is 16.2 Å². The Morgan fingerprint density at radius 3 is 2.35 bits per heavy atom. The Kier molecular flexibility index (Phi) is 5.71. The minimum absolute atomic E-state index is 0.0923. The average Bonchev–Trinajstić information content (AvgIpc) is 2.58. The quantitative estimate of drug-likeness (QED) is 0.794. The van der Waals surface area contributed by atoms with Gasteiger partial charge in [-0.1, -0.05) is 42.5 Å². The van der Waals surface area contributed by atoms with Crippen LogP contribution in [0.25, 0.3) is 0 Å². The number of methoxy groups -OCH3 is 1. The van der Waals surface area contributed by atoms with Crippen LogP contribution in [0.2, 0.25) is 0 Å². The summed E-state index contributed by atoms with van der Waals surface area (Å²) in [6, 6.07) is 15.8. The van der Waals surface area contributed by atoms with Crippen LogP contribution in [0, 0.1) is 0 Å². The van der Waals surface area contributed by atoms with E-state index >= 15 is 0 Å². The number of carbonyl (C=O) groups excluding carboxylic acids is 1. The molecule has 0 spiro atoms. The first-order valence-electron chi connectivity index (χ1n) is 6.95. The Balaban J connectivity index is 2.16. The number of carboxylic acid groups (broad SMARTS) is 1. The van der Waals surface area contributed by atoms with Crippen molar-refractivity contribution in [2.75, 3.05) is 13.7 Å². The fourth-order valence-corrected chi connectivity index (χ4v) is 1.98. The maximum absolute atomic E-state index is 12.5. The monoisotopic (exact) mass is 315 g/mol. The van der Waals surface area contributed by atoms with Crippen LogP contribution in [0.15, 0.2) is 54.6 Å². The van der Waals surface area contributed by atoms with E-state index in [9.17, 15) is 9.59 Å². The maximum Gasteiger partial charge on any atom is 0.325 e. The molecule has 0 aromatic heterocycles. The lowest BCUT2D eigenvalue weighted by Crippen LogP contribution is -2.35. The highest BCUT2D eigenvalue weighted by Gasteiger charge is 2.22. The number of hydrogen-bond acceptors (Lipinski definition) is 4. The van der Waals surface area contributed by atoms with E-state index in [4.69, 9.17) is 14.7 Å². The summed E-state index contributed by atoms with van der Waals surface area (Å²) in [5, 5.41) is 9.82. The van der Waals surface area contributed by atoms with Crippen molar-refractivity contribution in [3.63, 3.8) is 0 Å². The first kappa shape index (κ1) is 16.5. The number of para-hydroxylation sites is 1. The molecule has 2 rings (SSSR count). The van der Waals surface area contributed by atoms with Crippen molar-refractivity contribution in [3.05, 3.63) is 65.7 Å². The molecule has 120 valence electrons. The fraction of sp³-hybridized carbons (Fsp3) is 0.176. The molecule has 1 N–H and O–H groups in total. The van der Waals surface area contributed by atoms with Crippen molar-refractivity contribution < 1.29 is 24.3 Å². The molecule has 0 bridgehead atoms. The highest BCUT2D eigenvalue weighted by molar-refractivity contribution is 5.97. The second-order valence-corrected chi connectivity index (χ2v) is 4.69. The number of aliphatic carboxylic acids is 1. The summed E-state index contributed by atoms with van der Waals surface area (Å²) in [7, 11) is 1.44. The Hall–Kier alpha value is -2.86. The van der Waals surface area contributed by atoms with Crippen molar-refractivity contribution in [1.82, 2.24) is 5.06 Å². The molecule has 0 radical (unpaired) electrons. The summed E-state index contributed by atoms with van der Waals surface area (Å²) >= 11 is 0. The van der Waals surface area contributed by atoms with Gasteiger partial charge in [-0.3, -0.25) is 14.4 Å². The van der Waals surface area contributed by atoms with Crippen LogP contribution in [-0.4, -0.2) is 35.7 Å². The maximum atomic E-state index is 12.5. The molecule has 2 aromatic rings. The molecule has 0 fully saturated rings. The standard InChI is InChI=1S/C17H17NO5/c1-22-15-10-6-5-9-14(15)17(21)18(11-16(19)20)23-12-13-7-3-2-4-8-13/h2-10H,11-12H2,1H3,(H,19,20). The molecule has 23 heavy (non-hydrogen) atoms. The average molecular weight is 315 g/mol. The normalized spacial score (nSPS) is 10.1. The Bertz CT molecular complexity index is 672. The number of carboxylic acids is 1. The zero-order valence-corrected chi connectivity index (χ0v) is 12.6. The lowest BCUT2D eigenvalue weighted by atomic mass is 10.2. The zero-order valence-electron chi connectivity index (χ0n) is 12.6. The summed E-state index contributed by atoms with van der Waals surface area (Å²) in [5.74, 6) is -1.38. The number of rotatable bonds is 7. The fourth-order valence-electron chi connectivity index (χ4n) is 1.98. The number of nitrogens with zero attached hydrogens (tertiary/aromatic N) is 1. The molecule has 0 saturated heterocycles. The number of hydrogen-bond donors (Lipinski definition) is 1. The van der Waals surface area contributed by atoms with Crippen LogP contribution in [0.1, 0.15) is 15.9 Å². The van der Waals surface area contributed by atoms with Crippen LogP contribution in [0.4, 0.5) is 0 Å². The molecule has 6 heteroatoms. The van der Waals surface area contributed by atoms with E-state index in [1.54, 1.807) is 24.3 Å². The largest absolute Gasteiger partial charge is 0.496 e. The van der Waals surface area contributed by atoms with Crippen LogP contribution >= 0.6 is 0 Å². The van der Waals surface area contributed by atoms with Gasteiger partial charge in [-0.2, -0.15) is 0 Å². The van der Waals surface area contributed by atoms with Gasteiger partial charge in [0.1, 0.15) is 18.9 Å². The predicted molar refractivity (Wildman–Crippen MR) is 82.9 cm³/mol. The highest BCUT2D eigenvalue weighted by Crippen LogP contribution is 2.20. The van der Waals surface area contributed by atoms with Crippen LogP contribution < -0.4 is 4.74 Å². The van der Waals surface area contributed by atoms with E-state index in [2.05, 4.69) is 0 Å². The van der Waals surface area contributed by atoms with Gasteiger partial charge in [0.2, 0.25) is 0 Å². The number of hydroxylamine groups is 2. The predicted octanol–water partition coefficient (Wildman–Crippen LogP) is 2.35. The van der Waals surface area contributed by atoms with Crippen molar-refractivity contribution in [2.24, 2.45) is 0 Å². The van der Waals surface area contributed by atoms with Crippen molar-refractivity contribution in [2.45, 2.75) is 6.61 Å². The van der Waals surface area contributed by atoms with Gasteiger partial charge in [-0.05, 0) is 17.7 Å². The summed E-state index contributed by atoms with van der Waals surface area (Å²) in [6.45, 7) is -0.473. The third kappa shape index (κ3) is 4.55. The molecule has 1 amide bonds. The molecular formula is C17H17NO5. The molecule has 2 aromatic carbocycles. The molecule has 0 heterocycles. The molecule has 0 saturated carbocycles. The number of ether oxygens (including phenoxy) is 1. The van der Waals surface area contributed by atoms with Gasteiger partial charge in [0, 0.05) is 0 Å². The van der Waals surface area contributed by atoms with E-state index in [1.807, 2.05) is 30.3 Å². The Morgan fingerprint density at radius 2 is 1.70 bits per heavy atom. The van der Waals surface area contributed by atoms with Crippen molar-refractivity contribution in [3.8, 4) is 5.75 Å². The SMILES string of the molecule is COc1ccccc1C(=O)N(CC(=O)O)OCc1ccccc1. The van der Waals surface area contributed by atoms with E-state index < -0.39 is 18.4 Å². The van der Waals surface area contributed by atoms with E-state index in [0.29, 0.717) is 5.75 Å². The van der Waals surface area contributed by atoms with Crippen LogP contribution in [0.3, 0.4) is 0 Å². The first-order chi connectivity index (χ1) is 11.1. The molecule has 0 atom stereocenters. The minimum Gasteiger partial charge on any atom is -0.496 e. The van der Waals surface area contributed by atoms with Gasteiger partial charge in [-0.25, -0.2) is 5.06 Å². The molecule has 6 nitrogen and oxygen atoms in total. The number of amides is 1. The first-order valence-corrected chi connectivity index (χ1v) is 6.95. The molecular weight excluding hydrogens is 298 g/mol. The second kappa shape index (κ2) is 7.95. The molecule has 0 aliphatic rings. The van der Waals surface area contributed by atoms with Gasteiger partial charge >= 0.3 is 5.97 Å². The lowest BCUT2D eigenvalue weighted by molar-refractivity contribution is -0.162. The summed E-state index contributed by atoms with van der Waals surface area (Å²) in [4.78, 5) is 28.9.